The number of amides is 1. The van der Waals surface area contributed by atoms with E-state index in [-0.39, 0.29) is 23.8 Å². The van der Waals surface area contributed by atoms with Gasteiger partial charge in [0.1, 0.15) is 5.82 Å². The van der Waals surface area contributed by atoms with Crippen LogP contribution in [0.15, 0.2) is 59.1 Å². The molecule has 1 atom stereocenters. The number of hydrogen-bond donors (Lipinski definition) is 3. The Bertz CT molecular complexity index is 1410. The Morgan fingerprint density at radius 3 is 2.45 bits per heavy atom. The summed E-state index contributed by atoms with van der Waals surface area (Å²) in [5.41, 5.74) is 3.26. The van der Waals surface area contributed by atoms with Crippen LogP contribution in [0.5, 0.6) is 0 Å². The third-order valence-corrected chi connectivity index (χ3v) is 5.90. The summed E-state index contributed by atoms with van der Waals surface area (Å²) in [5, 5.41) is 25.1. The summed E-state index contributed by atoms with van der Waals surface area (Å²) < 4.78 is 5.96. The molecule has 1 amide bonds. The average Bonchev–Trinajstić information content (AvgIpc) is 3.38. The smallest absolute Gasteiger partial charge is 0.253 e. The Morgan fingerprint density at radius 2 is 1.84 bits per heavy atom. The lowest BCUT2D eigenvalue weighted by molar-refractivity contribution is 0.0827. The van der Waals surface area contributed by atoms with E-state index in [0.29, 0.717) is 28.8 Å². The Labute approximate surface area is 222 Å². The summed E-state index contributed by atoms with van der Waals surface area (Å²) in [6, 6.07) is 14.6. The van der Waals surface area contributed by atoms with Gasteiger partial charge in [0.25, 0.3) is 11.8 Å². The van der Waals surface area contributed by atoms with Gasteiger partial charge in [0.15, 0.2) is 0 Å². The third kappa shape index (κ3) is 5.97. The van der Waals surface area contributed by atoms with Gasteiger partial charge in [0.05, 0.1) is 18.2 Å². The van der Waals surface area contributed by atoms with Gasteiger partial charge in [0.2, 0.25) is 11.8 Å². The maximum Gasteiger partial charge on any atom is 0.253 e. The Hall–Kier alpha value is -4.31. The highest BCUT2D eigenvalue weighted by Gasteiger charge is 2.25. The number of benzene rings is 2. The quantitative estimate of drug-likeness (QED) is 0.305. The Kier molecular flexibility index (Phi) is 7.72. The zero-order valence-corrected chi connectivity index (χ0v) is 22.5. The number of aliphatic hydroxyl groups is 1. The lowest BCUT2D eigenvalue weighted by Gasteiger charge is -2.19. The highest BCUT2D eigenvalue weighted by molar-refractivity contribution is 5.95. The van der Waals surface area contributed by atoms with Gasteiger partial charge in [-0.2, -0.15) is 4.98 Å². The van der Waals surface area contributed by atoms with E-state index in [2.05, 4.69) is 25.8 Å². The van der Waals surface area contributed by atoms with E-state index in [0.717, 1.165) is 16.8 Å². The number of nitrogens with zero attached hydrogens (tertiary/aromatic N) is 5. The van der Waals surface area contributed by atoms with Crippen molar-refractivity contribution in [3.8, 4) is 11.5 Å². The number of carbonyl (C=O) groups is 1. The molecule has 0 aliphatic heterocycles. The fourth-order valence-corrected chi connectivity index (χ4v) is 3.78. The predicted molar refractivity (Wildman–Crippen MR) is 146 cm³/mol. The first-order valence-corrected chi connectivity index (χ1v) is 12.3. The van der Waals surface area contributed by atoms with Gasteiger partial charge >= 0.3 is 0 Å². The number of aryl methyl sites for hydroxylation is 1. The molecule has 2 heterocycles. The van der Waals surface area contributed by atoms with Gasteiger partial charge in [-0.3, -0.25) is 4.79 Å². The second kappa shape index (κ2) is 11.0. The van der Waals surface area contributed by atoms with Gasteiger partial charge in [-0.25, -0.2) is 4.98 Å². The van der Waals surface area contributed by atoms with Crippen LogP contribution in [0, 0.1) is 6.92 Å². The fraction of sp³-hybridized carbons (Fsp3) is 0.321. The first-order valence-electron chi connectivity index (χ1n) is 12.3. The summed E-state index contributed by atoms with van der Waals surface area (Å²) in [6.07, 6.45) is 1.61. The largest absolute Gasteiger partial charge is 0.420 e. The molecule has 38 heavy (non-hydrogen) atoms. The maximum atomic E-state index is 12.4. The standard InChI is InChI=1S/C28H33N7O3/c1-17-14-19(12-13-20(17)25(37)35(5)6)30-27-29-15-21(24-33-34-26(38-24)28(2,3)4)23(32-27)31-22(16-36)18-10-8-7-9-11-18/h7-15,22,36H,16H2,1-6H3,(H2,29,30,31,32). The molecule has 0 saturated heterocycles. The van der Waals surface area contributed by atoms with Crippen LogP contribution in [0.4, 0.5) is 17.5 Å². The summed E-state index contributed by atoms with van der Waals surface area (Å²) >= 11 is 0. The van der Waals surface area contributed by atoms with Crippen molar-refractivity contribution in [2.45, 2.75) is 39.2 Å². The predicted octanol–water partition coefficient (Wildman–Crippen LogP) is 4.72. The molecule has 2 aromatic heterocycles. The molecule has 0 saturated carbocycles. The van der Waals surface area contributed by atoms with Crippen LogP contribution >= 0.6 is 0 Å². The van der Waals surface area contributed by atoms with Gasteiger partial charge in [0, 0.05) is 37.0 Å². The molecule has 0 aliphatic rings. The van der Waals surface area contributed by atoms with Crippen molar-refractivity contribution < 1.29 is 14.3 Å². The zero-order valence-electron chi connectivity index (χ0n) is 22.5. The molecular formula is C28H33N7O3. The molecule has 1 unspecified atom stereocenters. The molecule has 0 radical (unpaired) electrons. The second-order valence-corrected chi connectivity index (χ2v) is 10.3. The molecule has 10 nitrogen and oxygen atoms in total. The molecule has 2 aromatic carbocycles. The van der Waals surface area contributed by atoms with Crippen molar-refractivity contribution in [3.05, 3.63) is 77.3 Å². The van der Waals surface area contributed by atoms with Crippen molar-refractivity contribution in [2.24, 2.45) is 0 Å². The maximum absolute atomic E-state index is 12.4. The van der Waals surface area contributed by atoms with Crippen LogP contribution in [0.1, 0.15) is 54.2 Å². The highest BCUT2D eigenvalue weighted by atomic mass is 16.4. The highest BCUT2D eigenvalue weighted by Crippen LogP contribution is 2.32. The Morgan fingerprint density at radius 1 is 1.11 bits per heavy atom. The molecule has 4 aromatic rings. The van der Waals surface area contributed by atoms with Crippen LogP contribution in [-0.2, 0) is 5.41 Å². The van der Waals surface area contributed by atoms with Gasteiger partial charge in [-0.05, 0) is 36.2 Å². The molecule has 3 N–H and O–H groups in total. The van der Waals surface area contributed by atoms with Crippen molar-refractivity contribution in [3.63, 3.8) is 0 Å². The summed E-state index contributed by atoms with van der Waals surface area (Å²) in [4.78, 5) is 23.1. The first kappa shape index (κ1) is 26.7. The zero-order chi connectivity index (χ0) is 27.4. The first-order chi connectivity index (χ1) is 18.1. The molecule has 10 heteroatoms. The van der Waals surface area contributed by atoms with Crippen LogP contribution in [0.2, 0.25) is 0 Å². The van der Waals surface area contributed by atoms with E-state index in [4.69, 9.17) is 9.40 Å². The van der Waals surface area contributed by atoms with Crippen LogP contribution in [0.3, 0.4) is 0 Å². The summed E-state index contributed by atoms with van der Waals surface area (Å²) in [7, 11) is 3.45. The van der Waals surface area contributed by atoms with Crippen LogP contribution in [-0.4, -0.2) is 56.8 Å². The Balaban J connectivity index is 1.70. The number of carbonyl (C=O) groups excluding carboxylic acids is 1. The molecule has 0 bridgehead atoms. The van der Waals surface area contributed by atoms with E-state index in [1.807, 2.05) is 70.2 Å². The van der Waals surface area contributed by atoms with Crippen molar-refractivity contribution in [2.75, 3.05) is 31.3 Å². The monoisotopic (exact) mass is 515 g/mol. The van der Waals surface area contributed by atoms with Crippen molar-refractivity contribution >= 4 is 23.4 Å². The number of aromatic nitrogens is 4. The summed E-state index contributed by atoms with van der Waals surface area (Å²) in [5.74, 6) is 1.45. The minimum atomic E-state index is -0.429. The number of hydrogen-bond acceptors (Lipinski definition) is 9. The molecular weight excluding hydrogens is 482 g/mol. The minimum absolute atomic E-state index is 0.0636. The van der Waals surface area contributed by atoms with Gasteiger partial charge < -0.3 is 25.1 Å². The number of anilines is 3. The van der Waals surface area contributed by atoms with E-state index in [1.54, 1.807) is 31.3 Å². The molecule has 4 rings (SSSR count). The molecule has 0 spiro atoms. The van der Waals surface area contributed by atoms with Crippen molar-refractivity contribution in [1.29, 1.82) is 0 Å². The van der Waals surface area contributed by atoms with E-state index in [9.17, 15) is 9.90 Å². The molecule has 0 fully saturated rings. The number of nitrogens with one attached hydrogen (secondary N) is 2. The number of rotatable bonds is 8. The van der Waals surface area contributed by atoms with Gasteiger partial charge in [-0.15, -0.1) is 10.2 Å². The lowest BCUT2D eigenvalue weighted by Crippen LogP contribution is -2.22. The van der Waals surface area contributed by atoms with E-state index >= 15 is 0 Å². The molecule has 0 aliphatic carbocycles. The third-order valence-electron chi connectivity index (χ3n) is 5.90. The second-order valence-electron chi connectivity index (χ2n) is 10.3. The van der Waals surface area contributed by atoms with E-state index < -0.39 is 6.04 Å². The van der Waals surface area contributed by atoms with Crippen LogP contribution < -0.4 is 10.6 Å². The lowest BCUT2D eigenvalue weighted by atomic mass is 9.97. The SMILES string of the molecule is Cc1cc(Nc2ncc(-c3nnc(C(C)(C)C)o3)c(NC(CO)c3ccccc3)n2)ccc1C(=O)N(C)C. The number of aliphatic hydroxyl groups excluding tert-OH is 1. The molecule has 198 valence electrons. The van der Waals surface area contributed by atoms with Crippen molar-refractivity contribution in [1.82, 2.24) is 25.1 Å². The summed E-state index contributed by atoms with van der Waals surface area (Å²) in [6.45, 7) is 7.69. The minimum Gasteiger partial charge on any atom is -0.420 e. The van der Waals surface area contributed by atoms with Gasteiger partial charge in [-0.1, -0.05) is 51.1 Å². The normalized spacial score (nSPS) is 12.2. The fourth-order valence-electron chi connectivity index (χ4n) is 3.78. The topological polar surface area (TPSA) is 129 Å². The average molecular weight is 516 g/mol. The van der Waals surface area contributed by atoms with Crippen LogP contribution in [0.25, 0.3) is 11.5 Å². The van der Waals surface area contributed by atoms with E-state index in [1.165, 1.54) is 0 Å².